The van der Waals surface area contributed by atoms with Crippen molar-refractivity contribution in [1.29, 1.82) is 0 Å². The fourth-order valence-corrected chi connectivity index (χ4v) is 2.27. The molecule has 0 unspecified atom stereocenters. The summed E-state index contributed by atoms with van der Waals surface area (Å²) in [6, 6.07) is 8.75. The van der Waals surface area contributed by atoms with Crippen LogP contribution in [-0.2, 0) is 13.0 Å². The van der Waals surface area contributed by atoms with Crippen LogP contribution in [0.1, 0.15) is 18.2 Å². The first-order chi connectivity index (χ1) is 7.27. The van der Waals surface area contributed by atoms with E-state index in [1.807, 2.05) is 0 Å². The van der Waals surface area contributed by atoms with Gasteiger partial charge >= 0.3 is 0 Å². The first kappa shape index (κ1) is 10.2. The third-order valence-corrected chi connectivity index (χ3v) is 2.97. The molecule has 2 heteroatoms. The second-order valence-electron chi connectivity index (χ2n) is 3.92. The lowest BCUT2D eigenvalue weighted by molar-refractivity contribution is 0.769. The average molecular weight is 202 g/mol. The number of aromatic nitrogens is 1. The minimum Gasteiger partial charge on any atom is -0.345 e. The van der Waals surface area contributed by atoms with Crippen LogP contribution in [-0.4, -0.2) is 11.1 Å². The van der Waals surface area contributed by atoms with Gasteiger partial charge in [-0.15, -0.1) is 0 Å². The van der Waals surface area contributed by atoms with E-state index >= 15 is 0 Å². The molecule has 1 aromatic heterocycles. The fourth-order valence-electron chi connectivity index (χ4n) is 2.27. The normalized spacial score (nSPS) is 11.1. The molecular formula is C13H18N2. The van der Waals surface area contributed by atoms with Crippen molar-refractivity contribution in [3.63, 3.8) is 0 Å². The summed E-state index contributed by atoms with van der Waals surface area (Å²) in [6.45, 7) is 6.09. The second kappa shape index (κ2) is 4.07. The number of aryl methyl sites for hydroxylation is 2. The van der Waals surface area contributed by atoms with Crippen molar-refractivity contribution in [3.8, 4) is 0 Å². The summed E-state index contributed by atoms with van der Waals surface area (Å²) < 4.78 is 2.34. The van der Waals surface area contributed by atoms with E-state index in [0.717, 1.165) is 19.5 Å². The molecule has 2 rings (SSSR count). The van der Waals surface area contributed by atoms with Gasteiger partial charge in [0.25, 0.3) is 0 Å². The summed E-state index contributed by atoms with van der Waals surface area (Å²) in [6.07, 6.45) is 0.963. The molecule has 1 aromatic carbocycles. The van der Waals surface area contributed by atoms with Gasteiger partial charge in [-0.3, -0.25) is 0 Å². The Morgan fingerprint density at radius 2 is 2.13 bits per heavy atom. The summed E-state index contributed by atoms with van der Waals surface area (Å²) in [7, 11) is 0. The van der Waals surface area contributed by atoms with Gasteiger partial charge in [0.05, 0.1) is 0 Å². The summed E-state index contributed by atoms with van der Waals surface area (Å²) in [5.74, 6) is 0. The zero-order valence-corrected chi connectivity index (χ0v) is 9.46. The van der Waals surface area contributed by atoms with Crippen LogP contribution in [0.25, 0.3) is 10.9 Å². The Bertz CT molecular complexity index is 469. The molecule has 0 amide bonds. The molecule has 2 N–H and O–H groups in total. The lowest BCUT2D eigenvalue weighted by Crippen LogP contribution is -2.03. The van der Waals surface area contributed by atoms with Gasteiger partial charge in [-0.2, -0.15) is 0 Å². The van der Waals surface area contributed by atoms with E-state index in [1.54, 1.807) is 0 Å². The Kier molecular flexibility index (Phi) is 2.78. The fraction of sp³-hybridized carbons (Fsp3) is 0.385. The first-order valence-corrected chi connectivity index (χ1v) is 5.55. The van der Waals surface area contributed by atoms with Crippen molar-refractivity contribution in [3.05, 3.63) is 35.5 Å². The molecule has 0 aliphatic rings. The highest BCUT2D eigenvalue weighted by molar-refractivity contribution is 5.84. The third kappa shape index (κ3) is 1.65. The predicted octanol–water partition coefficient (Wildman–Crippen LogP) is 2.47. The highest BCUT2D eigenvalue weighted by atomic mass is 15.0. The number of rotatable bonds is 3. The van der Waals surface area contributed by atoms with Crippen LogP contribution >= 0.6 is 0 Å². The van der Waals surface area contributed by atoms with Crippen molar-refractivity contribution < 1.29 is 0 Å². The van der Waals surface area contributed by atoms with Crippen LogP contribution in [0.2, 0.25) is 0 Å². The van der Waals surface area contributed by atoms with E-state index in [1.165, 1.54) is 22.2 Å². The maximum absolute atomic E-state index is 5.62. The van der Waals surface area contributed by atoms with Gasteiger partial charge in [-0.1, -0.05) is 12.1 Å². The van der Waals surface area contributed by atoms with Crippen molar-refractivity contribution >= 4 is 10.9 Å². The van der Waals surface area contributed by atoms with Crippen molar-refractivity contribution in [1.82, 2.24) is 4.57 Å². The molecule has 80 valence electrons. The molecule has 0 atom stereocenters. The van der Waals surface area contributed by atoms with E-state index in [-0.39, 0.29) is 0 Å². The van der Waals surface area contributed by atoms with Crippen molar-refractivity contribution in [2.75, 3.05) is 6.54 Å². The van der Waals surface area contributed by atoms with Gasteiger partial charge in [-0.05, 0) is 44.5 Å². The first-order valence-electron chi connectivity index (χ1n) is 5.55. The molecule has 0 saturated heterocycles. The molecule has 0 spiro atoms. The maximum Gasteiger partial charge on any atom is 0.0485 e. The lowest BCUT2D eigenvalue weighted by Gasteiger charge is -2.05. The molecule has 0 fully saturated rings. The summed E-state index contributed by atoms with van der Waals surface area (Å²) in [5.41, 5.74) is 9.65. The number of fused-ring (bicyclic) bond motifs is 1. The number of hydrogen-bond acceptors (Lipinski definition) is 1. The zero-order valence-electron chi connectivity index (χ0n) is 9.46. The van der Waals surface area contributed by atoms with Crippen LogP contribution in [0.15, 0.2) is 24.3 Å². The monoisotopic (exact) mass is 202 g/mol. The Hall–Kier alpha value is -1.28. The van der Waals surface area contributed by atoms with Crippen LogP contribution < -0.4 is 5.73 Å². The molecular weight excluding hydrogens is 184 g/mol. The summed E-state index contributed by atoms with van der Waals surface area (Å²) >= 11 is 0. The van der Waals surface area contributed by atoms with Crippen LogP contribution in [0.5, 0.6) is 0 Å². The molecule has 0 bridgehead atoms. The quantitative estimate of drug-likeness (QED) is 0.814. The minimum absolute atomic E-state index is 0.718. The summed E-state index contributed by atoms with van der Waals surface area (Å²) in [4.78, 5) is 0. The average Bonchev–Trinajstić information content (AvgIpc) is 2.55. The highest BCUT2D eigenvalue weighted by Crippen LogP contribution is 2.23. The molecule has 0 saturated carbocycles. The molecule has 0 aliphatic carbocycles. The van der Waals surface area contributed by atoms with Crippen LogP contribution in [0.4, 0.5) is 0 Å². The Morgan fingerprint density at radius 3 is 2.80 bits per heavy atom. The Morgan fingerprint density at radius 1 is 1.33 bits per heavy atom. The van der Waals surface area contributed by atoms with E-state index in [0.29, 0.717) is 0 Å². The van der Waals surface area contributed by atoms with E-state index in [2.05, 4.69) is 42.7 Å². The van der Waals surface area contributed by atoms with Gasteiger partial charge in [0, 0.05) is 23.1 Å². The van der Waals surface area contributed by atoms with E-state index in [4.69, 9.17) is 5.73 Å². The summed E-state index contributed by atoms with van der Waals surface area (Å²) in [5, 5.41) is 1.36. The smallest absolute Gasteiger partial charge is 0.0485 e. The minimum atomic E-state index is 0.718. The van der Waals surface area contributed by atoms with Crippen molar-refractivity contribution in [2.24, 2.45) is 5.73 Å². The van der Waals surface area contributed by atoms with Crippen LogP contribution in [0.3, 0.4) is 0 Å². The van der Waals surface area contributed by atoms with Gasteiger partial charge < -0.3 is 10.3 Å². The predicted molar refractivity (Wildman–Crippen MR) is 65.1 cm³/mol. The van der Waals surface area contributed by atoms with E-state index < -0.39 is 0 Å². The molecule has 2 nitrogen and oxygen atoms in total. The Labute approximate surface area is 90.7 Å². The van der Waals surface area contributed by atoms with Gasteiger partial charge in [0.2, 0.25) is 0 Å². The number of hydrogen-bond donors (Lipinski definition) is 1. The second-order valence-corrected chi connectivity index (χ2v) is 3.92. The lowest BCUT2D eigenvalue weighted by atomic mass is 10.1. The number of benzene rings is 1. The van der Waals surface area contributed by atoms with Gasteiger partial charge in [-0.25, -0.2) is 0 Å². The maximum atomic E-state index is 5.62. The van der Waals surface area contributed by atoms with Gasteiger partial charge in [0.1, 0.15) is 0 Å². The van der Waals surface area contributed by atoms with E-state index in [9.17, 15) is 0 Å². The molecule has 2 aromatic rings. The van der Waals surface area contributed by atoms with Gasteiger partial charge in [0.15, 0.2) is 0 Å². The Balaban J connectivity index is 2.66. The highest BCUT2D eigenvalue weighted by Gasteiger charge is 2.06. The SMILES string of the molecule is CCn1c(C)cc2c(CCN)cccc21. The molecule has 1 heterocycles. The molecule has 0 aliphatic heterocycles. The molecule has 15 heavy (non-hydrogen) atoms. The number of nitrogens with zero attached hydrogens (tertiary/aromatic N) is 1. The number of nitrogens with two attached hydrogens (primary N) is 1. The third-order valence-electron chi connectivity index (χ3n) is 2.97. The topological polar surface area (TPSA) is 30.9 Å². The van der Waals surface area contributed by atoms with Crippen molar-refractivity contribution in [2.45, 2.75) is 26.8 Å². The standard InChI is InChI=1S/C13H18N2/c1-3-15-10(2)9-12-11(7-8-14)5-4-6-13(12)15/h4-6,9H,3,7-8,14H2,1-2H3. The zero-order chi connectivity index (χ0) is 10.8. The largest absolute Gasteiger partial charge is 0.345 e. The van der Waals surface area contributed by atoms with Crippen LogP contribution in [0, 0.1) is 6.92 Å². The molecule has 0 radical (unpaired) electrons.